The van der Waals surface area contributed by atoms with E-state index in [1.165, 1.54) is 0 Å². The van der Waals surface area contributed by atoms with Gasteiger partial charge in [0.05, 0.1) is 19.9 Å². The van der Waals surface area contributed by atoms with Crippen molar-refractivity contribution in [2.45, 2.75) is 6.92 Å². The first-order valence-corrected chi connectivity index (χ1v) is 5.48. The fourth-order valence-corrected chi connectivity index (χ4v) is 1.34. The van der Waals surface area contributed by atoms with Crippen molar-refractivity contribution in [2.75, 3.05) is 13.7 Å². The van der Waals surface area contributed by atoms with Crippen molar-refractivity contribution in [3.05, 3.63) is 23.8 Å². The Hall–Kier alpha value is -1.82. The number of benzene rings is 1. The molecular weight excluding hydrogens is 238 g/mol. The molecule has 6 heteroatoms. The smallest absolute Gasteiger partial charge is 0.184 e. The molecule has 0 aliphatic rings. The summed E-state index contributed by atoms with van der Waals surface area (Å²) in [7, 11) is 1.58. The number of rotatable bonds is 5. The lowest BCUT2D eigenvalue weighted by atomic mass is 10.2. The van der Waals surface area contributed by atoms with Crippen molar-refractivity contribution in [1.29, 1.82) is 0 Å². The molecule has 0 bridgehead atoms. The lowest BCUT2D eigenvalue weighted by Crippen LogP contribution is -2.24. The second kappa shape index (κ2) is 6.70. The molecule has 1 aromatic carbocycles. The van der Waals surface area contributed by atoms with Crippen LogP contribution in [0.3, 0.4) is 0 Å². The molecule has 92 valence electrons. The highest BCUT2D eigenvalue weighted by Crippen LogP contribution is 2.29. The van der Waals surface area contributed by atoms with Crippen molar-refractivity contribution in [2.24, 2.45) is 10.8 Å². The molecule has 0 aliphatic heterocycles. The van der Waals surface area contributed by atoms with Gasteiger partial charge in [-0.25, -0.2) is 0 Å². The molecular formula is C11H15N3O2S. The fourth-order valence-electron chi connectivity index (χ4n) is 1.29. The number of para-hydroxylation sites is 1. The Morgan fingerprint density at radius 3 is 2.94 bits per heavy atom. The van der Waals surface area contributed by atoms with Crippen molar-refractivity contribution >= 4 is 23.5 Å². The van der Waals surface area contributed by atoms with Gasteiger partial charge in [0, 0.05) is 5.56 Å². The van der Waals surface area contributed by atoms with Crippen LogP contribution < -0.4 is 20.6 Å². The van der Waals surface area contributed by atoms with E-state index in [1.807, 2.05) is 25.1 Å². The normalized spacial score (nSPS) is 10.2. The molecule has 0 saturated carbocycles. The summed E-state index contributed by atoms with van der Waals surface area (Å²) in [4.78, 5) is 0. The highest BCUT2D eigenvalue weighted by Gasteiger charge is 2.07. The number of methoxy groups -OCH3 is 1. The van der Waals surface area contributed by atoms with Crippen LogP contribution in [0.15, 0.2) is 23.3 Å². The zero-order valence-electron chi connectivity index (χ0n) is 9.77. The van der Waals surface area contributed by atoms with Gasteiger partial charge in [-0.05, 0) is 31.3 Å². The van der Waals surface area contributed by atoms with Gasteiger partial charge in [0.1, 0.15) is 0 Å². The molecule has 0 spiro atoms. The van der Waals surface area contributed by atoms with E-state index in [2.05, 4.69) is 22.7 Å². The Balaban J connectivity index is 2.94. The van der Waals surface area contributed by atoms with Gasteiger partial charge in [-0.1, -0.05) is 6.07 Å². The van der Waals surface area contributed by atoms with Crippen LogP contribution in [0, 0.1) is 0 Å². The third-order valence-corrected chi connectivity index (χ3v) is 1.98. The maximum absolute atomic E-state index is 5.44. The number of thiocarbonyl (C=S) groups is 1. The SMILES string of the molecule is CCOc1cccc(C=NNC(N)=S)c1OC. The van der Waals surface area contributed by atoms with E-state index in [0.29, 0.717) is 18.1 Å². The number of nitrogens with zero attached hydrogens (tertiary/aromatic N) is 1. The highest BCUT2D eigenvalue weighted by atomic mass is 32.1. The summed E-state index contributed by atoms with van der Waals surface area (Å²) in [5, 5.41) is 3.99. The summed E-state index contributed by atoms with van der Waals surface area (Å²) in [6, 6.07) is 5.54. The zero-order valence-corrected chi connectivity index (χ0v) is 10.6. The predicted octanol–water partition coefficient (Wildman–Crippen LogP) is 1.26. The van der Waals surface area contributed by atoms with E-state index in [9.17, 15) is 0 Å². The number of ether oxygens (including phenoxy) is 2. The summed E-state index contributed by atoms with van der Waals surface area (Å²) in [6.07, 6.45) is 1.57. The van der Waals surface area contributed by atoms with E-state index in [0.717, 1.165) is 5.56 Å². The molecule has 0 heterocycles. The largest absolute Gasteiger partial charge is 0.492 e. The summed E-state index contributed by atoms with van der Waals surface area (Å²) in [5.74, 6) is 1.30. The fraction of sp³-hybridized carbons (Fsp3) is 0.273. The average molecular weight is 253 g/mol. The second-order valence-electron chi connectivity index (χ2n) is 3.05. The van der Waals surface area contributed by atoms with Crippen LogP contribution in [0.5, 0.6) is 11.5 Å². The standard InChI is InChI=1S/C11H15N3O2S/c1-3-16-9-6-4-5-8(10(9)15-2)7-13-14-11(12)17/h4-7H,3H2,1-2H3,(H3,12,14,17). The van der Waals surface area contributed by atoms with Gasteiger partial charge in [-0.3, -0.25) is 5.43 Å². The Morgan fingerprint density at radius 1 is 1.59 bits per heavy atom. The average Bonchev–Trinajstić information content (AvgIpc) is 2.29. The minimum absolute atomic E-state index is 0.112. The minimum atomic E-state index is 0.112. The zero-order chi connectivity index (χ0) is 12.7. The van der Waals surface area contributed by atoms with E-state index in [1.54, 1.807) is 13.3 Å². The van der Waals surface area contributed by atoms with Gasteiger partial charge in [0.15, 0.2) is 16.6 Å². The first kappa shape index (κ1) is 13.2. The van der Waals surface area contributed by atoms with Gasteiger partial charge in [0.25, 0.3) is 0 Å². The first-order chi connectivity index (χ1) is 8.19. The van der Waals surface area contributed by atoms with Crippen LogP contribution >= 0.6 is 12.2 Å². The van der Waals surface area contributed by atoms with Gasteiger partial charge in [-0.2, -0.15) is 5.10 Å². The molecule has 3 N–H and O–H groups in total. The number of nitrogens with two attached hydrogens (primary N) is 1. The quantitative estimate of drug-likeness (QED) is 0.470. The van der Waals surface area contributed by atoms with Crippen molar-refractivity contribution < 1.29 is 9.47 Å². The van der Waals surface area contributed by atoms with Gasteiger partial charge in [-0.15, -0.1) is 0 Å². The molecule has 0 aliphatic carbocycles. The summed E-state index contributed by atoms with van der Waals surface area (Å²) >= 11 is 4.64. The van der Waals surface area contributed by atoms with Crippen molar-refractivity contribution in [1.82, 2.24) is 5.43 Å². The molecule has 0 unspecified atom stereocenters. The highest BCUT2D eigenvalue weighted by molar-refractivity contribution is 7.80. The van der Waals surface area contributed by atoms with Crippen LogP contribution in [0.25, 0.3) is 0 Å². The van der Waals surface area contributed by atoms with Gasteiger partial charge >= 0.3 is 0 Å². The second-order valence-corrected chi connectivity index (χ2v) is 3.49. The first-order valence-electron chi connectivity index (χ1n) is 5.07. The molecule has 0 radical (unpaired) electrons. The number of nitrogens with one attached hydrogen (secondary N) is 1. The topological polar surface area (TPSA) is 68.9 Å². The van der Waals surface area contributed by atoms with Gasteiger partial charge < -0.3 is 15.2 Å². The minimum Gasteiger partial charge on any atom is -0.492 e. The summed E-state index contributed by atoms with van der Waals surface area (Å²) in [5.41, 5.74) is 8.51. The lowest BCUT2D eigenvalue weighted by Gasteiger charge is -2.11. The van der Waals surface area contributed by atoms with E-state index < -0.39 is 0 Å². The summed E-state index contributed by atoms with van der Waals surface area (Å²) in [6.45, 7) is 2.48. The molecule has 0 atom stereocenters. The van der Waals surface area contributed by atoms with Crippen LogP contribution in [0.1, 0.15) is 12.5 Å². The van der Waals surface area contributed by atoms with Crippen molar-refractivity contribution in [3.63, 3.8) is 0 Å². The number of hydrogen-bond donors (Lipinski definition) is 2. The van der Waals surface area contributed by atoms with Crippen LogP contribution in [-0.2, 0) is 0 Å². The number of hydrogen-bond acceptors (Lipinski definition) is 4. The molecule has 0 amide bonds. The lowest BCUT2D eigenvalue weighted by molar-refractivity contribution is 0.310. The predicted molar refractivity (Wildman–Crippen MR) is 71.7 cm³/mol. The van der Waals surface area contributed by atoms with E-state index >= 15 is 0 Å². The molecule has 17 heavy (non-hydrogen) atoms. The third kappa shape index (κ3) is 3.92. The maximum atomic E-state index is 5.44. The van der Waals surface area contributed by atoms with E-state index in [4.69, 9.17) is 15.2 Å². The molecule has 1 aromatic rings. The third-order valence-electron chi connectivity index (χ3n) is 1.89. The van der Waals surface area contributed by atoms with Crippen molar-refractivity contribution in [3.8, 4) is 11.5 Å². The molecule has 5 nitrogen and oxygen atoms in total. The van der Waals surface area contributed by atoms with Gasteiger partial charge in [0.2, 0.25) is 0 Å². The molecule has 1 rings (SSSR count). The monoisotopic (exact) mass is 253 g/mol. The molecule has 0 saturated heterocycles. The Morgan fingerprint density at radius 2 is 2.35 bits per heavy atom. The summed E-state index contributed by atoms with van der Waals surface area (Å²) < 4.78 is 10.7. The Bertz CT molecular complexity index is 421. The number of hydrazone groups is 1. The Kier molecular flexibility index (Phi) is 5.22. The maximum Gasteiger partial charge on any atom is 0.184 e. The van der Waals surface area contributed by atoms with Crippen LogP contribution in [0.2, 0.25) is 0 Å². The van der Waals surface area contributed by atoms with E-state index in [-0.39, 0.29) is 5.11 Å². The molecule has 0 aromatic heterocycles. The Labute approximate surface area is 106 Å². The van der Waals surface area contributed by atoms with Crippen LogP contribution in [-0.4, -0.2) is 25.0 Å². The molecule has 0 fully saturated rings. The van der Waals surface area contributed by atoms with Crippen LogP contribution in [0.4, 0.5) is 0 Å².